The molecule has 2 aromatic rings. The van der Waals surface area contributed by atoms with Crippen molar-refractivity contribution in [2.75, 3.05) is 26.2 Å². The SMILES string of the molecule is CCCCc1noc(C(C)N2CCN(C(=O)c3cccs3)CC2)n1. The molecule has 24 heavy (non-hydrogen) atoms. The fraction of sp³-hybridized carbons (Fsp3) is 0.588. The van der Waals surface area contributed by atoms with Gasteiger partial charge in [0.1, 0.15) is 0 Å². The molecule has 1 aliphatic heterocycles. The maximum atomic E-state index is 12.4. The van der Waals surface area contributed by atoms with Gasteiger partial charge in [0.2, 0.25) is 5.89 Å². The number of unbranched alkanes of at least 4 members (excludes halogenated alkanes) is 1. The predicted molar refractivity (Wildman–Crippen MR) is 93.1 cm³/mol. The van der Waals surface area contributed by atoms with E-state index in [1.165, 1.54) is 11.3 Å². The molecule has 3 heterocycles. The molecule has 7 heteroatoms. The molecule has 1 aliphatic rings. The van der Waals surface area contributed by atoms with Crippen LogP contribution in [0.3, 0.4) is 0 Å². The van der Waals surface area contributed by atoms with Gasteiger partial charge >= 0.3 is 0 Å². The van der Waals surface area contributed by atoms with Gasteiger partial charge in [0.05, 0.1) is 10.9 Å². The summed E-state index contributed by atoms with van der Waals surface area (Å²) in [7, 11) is 0. The van der Waals surface area contributed by atoms with Crippen LogP contribution in [0.2, 0.25) is 0 Å². The Balaban J connectivity index is 1.54. The van der Waals surface area contributed by atoms with Crippen LogP contribution in [0.4, 0.5) is 0 Å². The Morgan fingerprint density at radius 1 is 1.38 bits per heavy atom. The monoisotopic (exact) mass is 348 g/mol. The minimum atomic E-state index is 0.0897. The molecule has 6 nitrogen and oxygen atoms in total. The quantitative estimate of drug-likeness (QED) is 0.803. The predicted octanol–water partition coefficient (Wildman–Crippen LogP) is 2.99. The van der Waals surface area contributed by atoms with Crippen LogP contribution in [0.5, 0.6) is 0 Å². The van der Waals surface area contributed by atoms with E-state index in [1.807, 2.05) is 22.4 Å². The van der Waals surface area contributed by atoms with E-state index >= 15 is 0 Å². The van der Waals surface area contributed by atoms with Crippen molar-refractivity contribution < 1.29 is 9.32 Å². The molecule has 3 rings (SSSR count). The van der Waals surface area contributed by atoms with Crippen LogP contribution in [0.15, 0.2) is 22.0 Å². The third-order valence-corrected chi connectivity index (χ3v) is 5.33. The van der Waals surface area contributed by atoms with Gasteiger partial charge in [-0.05, 0) is 24.8 Å². The molecule has 0 saturated carbocycles. The van der Waals surface area contributed by atoms with Crippen molar-refractivity contribution in [2.24, 2.45) is 0 Å². The van der Waals surface area contributed by atoms with E-state index in [0.717, 1.165) is 56.1 Å². The topological polar surface area (TPSA) is 62.5 Å². The molecular formula is C17H24N4O2S. The summed E-state index contributed by atoms with van der Waals surface area (Å²) in [5, 5.41) is 6.01. The van der Waals surface area contributed by atoms with E-state index in [2.05, 4.69) is 28.9 Å². The van der Waals surface area contributed by atoms with Crippen LogP contribution in [0, 0.1) is 0 Å². The van der Waals surface area contributed by atoms with Gasteiger partial charge in [-0.3, -0.25) is 9.69 Å². The maximum Gasteiger partial charge on any atom is 0.264 e. The van der Waals surface area contributed by atoms with Gasteiger partial charge in [0.15, 0.2) is 5.82 Å². The third-order valence-electron chi connectivity index (χ3n) is 4.48. The fourth-order valence-corrected chi connectivity index (χ4v) is 3.59. The maximum absolute atomic E-state index is 12.4. The Hall–Kier alpha value is -1.73. The highest BCUT2D eigenvalue weighted by Crippen LogP contribution is 2.21. The van der Waals surface area contributed by atoms with E-state index in [4.69, 9.17) is 4.52 Å². The van der Waals surface area contributed by atoms with Gasteiger partial charge in [-0.2, -0.15) is 4.98 Å². The molecule has 0 aromatic carbocycles. The first kappa shape index (κ1) is 17.1. The highest BCUT2D eigenvalue weighted by Gasteiger charge is 2.28. The van der Waals surface area contributed by atoms with Gasteiger partial charge in [0.25, 0.3) is 5.91 Å². The number of amides is 1. The highest BCUT2D eigenvalue weighted by atomic mass is 32.1. The van der Waals surface area contributed by atoms with Gasteiger partial charge < -0.3 is 9.42 Å². The molecule has 0 radical (unpaired) electrons. The first-order valence-corrected chi connectivity index (χ1v) is 9.46. The van der Waals surface area contributed by atoms with Crippen LogP contribution < -0.4 is 0 Å². The number of carbonyl (C=O) groups is 1. The van der Waals surface area contributed by atoms with E-state index in [1.54, 1.807) is 0 Å². The zero-order valence-electron chi connectivity index (χ0n) is 14.3. The molecule has 1 unspecified atom stereocenters. The summed E-state index contributed by atoms with van der Waals surface area (Å²) in [6.45, 7) is 7.36. The Morgan fingerprint density at radius 3 is 2.83 bits per heavy atom. The second-order valence-electron chi connectivity index (χ2n) is 6.13. The van der Waals surface area contributed by atoms with Crippen molar-refractivity contribution in [3.63, 3.8) is 0 Å². The first-order chi connectivity index (χ1) is 11.7. The lowest BCUT2D eigenvalue weighted by Gasteiger charge is -2.36. The number of aryl methyl sites for hydroxylation is 1. The largest absolute Gasteiger partial charge is 0.338 e. The Bertz CT molecular complexity index is 647. The number of hydrogen-bond donors (Lipinski definition) is 0. The van der Waals surface area contributed by atoms with Crippen LogP contribution in [-0.2, 0) is 6.42 Å². The lowest BCUT2D eigenvalue weighted by molar-refractivity contribution is 0.0556. The van der Waals surface area contributed by atoms with E-state index < -0.39 is 0 Å². The van der Waals surface area contributed by atoms with Crippen LogP contribution in [-0.4, -0.2) is 52.0 Å². The fourth-order valence-electron chi connectivity index (χ4n) is 2.90. The summed E-state index contributed by atoms with van der Waals surface area (Å²) >= 11 is 1.50. The molecule has 0 aliphatic carbocycles. The number of nitrogens with zero attached hydrogens (tertiary/aromatic N) is 4. The Labute approximate surface area is 146 Å². The number of thiophene rings is 1. The second kappa shape index (κ2) is 7.90. The van der Waals surface area contributed by atoms with Gasteiger partial charge in [-0.25, -0.2) is 0 Å². The zero-order valence-corrected chi connectivity index (χ0v) is 15.1. The molecule has 1 atom stereocenters. The van der Waals surface area contributed by atoms with Crippen molar-refractivity contribution in [1.82, 2.24) is 19.9 Å². The van der Waals surface area contributed by atoms with Gasteiger partial charge in [0, 0.05) is 32.6 Å². The number of hydrogen-bond acceptors (Lipinski definition) is 6. The number of rotatable bonds is 6. The van der Waals surface area contributed by atoms with Gasteiger partial charge in [-0.15, -0.1) is 11.3 Å². The van der Waals surface area contributed by atoms with E-state index in [-0.39, 0.29) is 11.9 Å². The smallest absolute Gasteiger partial charge is 0.264 e. The molecule has 0 N–H and O–H groups in total. The standard InChI is InChI=1S/C17H24N4O2S/c1-3-4-7-15-18-16(23-19-15)13(2)20-8-10-21(11-9-20)17(22)14-6-5-12-24-14/h5-6,12-13H,3-4,7-11H2,1-2H3. The summed E-state index contributed by atoms with van der Waals surface area (Å²) in [6.07, 6.45) is 3.08. The molecule has 1 fully saturated rings. The summed E-state index contributed by atoms with van der Waals surface area (Å²) in [5.41, 5.74) is 0. The number of carbonyl (C=O) groups excluding carboxylic acids is 1. The lowest BCUT2D eigenvalue weighted by atomic mass is 10.2. The lowest BCUT2D eigenvalue weighted by Crippen LogP contribution is -2.49. The van der Waals surface area contributed by atoms with Crippen LogP contribution in [0.1, 0.15) is 54.1 Å². The molecule has 2 aromatic heterocycles. The van der Waals surface area contributed by atoms with E-state index in [0.29, 0.717) is 5.89 Å². The van der Waals surface area contributed by atoms with Crippen molar-refractivity contribution in [2.45, 2.75) is 39.2 Å². The van der Waals surface area contributed by atoms with Crippen LogP contribution >= 0.6 is 11.3 Å². The normalized spacial score (nSPS) is 17.2. The molecular weight excluding hydrogens is 324 g/mol. The molecule has 1 saturated heterocycles. The Kier molecular flexibility index (Phi) is 5.63. The van der Waals surface area contributed by atoms with Crippen molar-refractivity contribution in [3.05, 3.63) is 34.1 Å². The average Bonchev–Trinajstić information content (AvgIpc) is 3.30. The summed E-state index contributed by atoms with van der Waals surface area (Å²) < 4.78 is 5.43. The molecule has 0 bridgehead atoms. The molecule has 1 amide bonds. The number of aromatic nitrogens is 2. The highest BCUT2D eigenvalue weighted by molar-refractivity contribution is 7.12. The summed E-state index contributed by atoms with van der Waals surface area (Å²) in [6, 6.07) is 3.90. The first-order valence-electron chi connectivity index (χ1n) is 8.58. The van der Waals surface area contributed by atoms with Crippen molar-refractivity contribution in [3.8, 4) is 0 Å². The Morgan fingerprint density at radius 2 is 2.17 bits per heavy atom. The van der Waals surface area contributed by atoms with Crippen LogP contribution in [0.25, 0.3) is 0 Å². The van der Waals surface area contributed by atoms with E-state index in [9.17, 15) is 4.79 Å². The minimum Gasteiger partial charge on any atom is -0.338 e. The average molecular weight is 348 g/mol. The summed E-state index contributed by atoms with van der Waals surface area (Å²) in [5.74, 6) is 1.61. The van der Waals surface area contributed by atoms with Crippen molar-refractivity contribution in [1.29, 1.82) is 0 Å². The second-order valence-corrected chi connectivity index (χ2v) is 7.08. The minimum absolute atomic E-state index is 0.0897. The molecule has 0 spiro atoms. The summed E-state index contributed by atoms with van der Waals surface area (Å²) in [4.78, 5) is 21.9. The van der Waals surface area contributed by atoms with Gasteiger partial charge in [-0.1, -0.05) is 24.6 Å². The third kappa shape index (κ3) is 3.84. The molecule has 130 valence electrons. The zero-order chi connectivity index (χ0) is 16.9. The van der Waals surface area contributed by atoms with Crippen molar-refractivity contribution >= 4 is 17.2 Å². The number of piperazine rings is 1.